The van der Waals surface area contributed by atoms with Gasteiger partial charge in [0.25, 0.3) is 0 Å². The Morgan fingerprint density at radius 1 is 1.10 bits per heavy atom. The third-order valence-corrected chi connectivity index (χ3v) is 7.17. The van der Waals surface area contributed by atoms with Gasteiger partial charge in [-0.3, -0.25) is 24.2 Å². The normalized spacial score (nSPS) is 26.2. The van der Waals surface area contributed by atoms with Crippen molar-refractivity contribution < 1.29 is 14.4 Å². The van der Waals surface area contributed by atoms with Crippen LogP contribution in [-0.4, -0.2) is 51.5 Å². The van der Waals surface area contributed by atoms with Crippen molar-refractivity contribution in [2.45, 2.75) is 45.4 Å². The lowest BCUT2D eigenvalue weighted by atomic mass is 9.81. The number of imide groups is 1. The Balaban J connectivity index is 1.44. The molecule has 154 valence electrons. The highest BCUT2D eigenvalue weighted by Crippen LogP contribution is 2.38. The lowest BCUT2D eigenvalue weighted by Gasteiger charge is -2.28. The summed E-state index contributed by atoms with van der Waals surface area (Å²) in [6, 6.07) is 7.86. The minimum atomic E-state index is -0.157. The molecule has 0 N–H and O–H groups in total. The minimum Gasteiger partial charge on any atom is -0.291 e. The summed E-state index contributed by atoms with van der Waals surface area (Å²) < 4.78 is 0. The van der Waals surface area contributed by atoms with Gasteiger partial charge in [-0.1, -0.05) is 42.8 Å². The lowest BCUT2D eigenvalue weighted by Crippen LogP contribution is -2.41. The third kappa shape index (κ3) is 4.10. The second-order valence-electron chi connectivity index (χ2n) is 8.00. The van der Waals surface area contributed by atoms with Crippen LogP contribution in [0.2, 0.25) is 0 Å². The number of hydrogen-bond donors (Lipinski definition) is 0. The maximum Gasteiger partial charge on any atom is 0.233 e. The molecule has 0 radical (unpaired) electrons. The molecule has 0 aromatic heterocycles. The van der Waals surface area contributed by atoms with Crippen LogP contribution in [0.4, 0.5) is 5.69 Å². The van der Waals surface area contributed by atoms with E-state index < -0.39 is 0 Å². The Morgan fingerprint density at radius 3 is 2.48 bits per heavy atom. The monoisotopic (exact) mass is 413 g/mol. The highest BCUT2D eigenvalue weighted by Gasteiger charge is 2.48. The van der Waals surface area contributed by atoms with Crippen molar-refractivity contribution in [1.29, 1.82) is 0 Å². The predicted octanol–water partition coefficient (Wildman–Crippen LogP) is 3.51. The van der Waals surface area contributed by atoms with E-state index >= 15 is 0 Å². The molecule has 4 rings (SSSR count). The predicted molar refractivity (Wildman–Crippen MR) is 114 cm³/mol. The van der Waals surface area contributed by atoms with Gasteiger partial charge in [-0.25, -0.2) is 4.99 Å². The third-order valence-electron chi connectivity index (χ3n) is 6.10. The first-order valence-corrected chi connectivity index (χ1v) is 11.5. The van der Waals surface area contributed by atoms with Crippen LogP contribution in [0.1, 0.15) is 44.1 Å². The summed E-state index contributed by atoms with van der Waals surface area (Å²) >= 11 is 1.59. The van der Waals surface area contributed by atoms with Gasteiger partial charge >= 0.3 is 0 Å². The van der Waals surface area contributed by atoms with Gasteiger partial charge in [-0.05, 0) is 37.8 Å². The van der Waals surface area contributed by atoms with Crippen LogP contribution in [-0.2, 0) is 14.4 Å². The summed E-state index contributed by atoms with van der Waals surface area (Å²) in [5.41, 5.74) is 1.93. The van der Waals surface area contributed by atoms with E-state index in [0.29, 0.717) is 11.7 Å². The molecule has 2 atom stereocenters. The fourth-order valence-electron chi connectivity index (χ4n) is 4.47. The molecule has 2 saturated heterocycles. The van der Waals surface area contributed by atoms with Gasteiger partial charge in [-0.15, -0.1) is 0 Å². The molecule has 0 spiro atoms. The highest BCUT2D eigenvalue weighted by atomic mass is 32.2. The first-order valence-electron chi connectivity index (χ1n) is 10.5. The molecule has 0 bridgehead atoms. The first kappa shape index (κ1) is 20.1. The summed E-state index contributed by atoms with van der Waals surface area (Å²) in [5.74, 6) is 0.398. The molecule has 29 heavy (non-hydrogen) atoms. The number of amidine groups is 1. The number of amides is 3. The zero-order chi connectivity index (χ0) is 20.4. The molecule has 3 aliphatic rings. The van der Waals surface area contributed by atoms with Crippen LogP contribution >= 0.6 is 11.8 Å². The van der Waals surface area contributed by atoms with E-state index in [4.69, 9.17) is 4.99 Å². The molecule has 1 aromatic rings. The van der Waals surface area contributed by atoms with E-state index in [0.717, 1.165) is 49.1 Å². The molecule has 0 unspecified atom stereocenters. The number of likely N-dealkylation sites (tertiary alicyclic amines) is 1. The van der Waals surface area contributed by atoms with Crippen LogP contribution in [0.3, 0.4) is 0 Å². The number of benzene rings is 1. The number of carbonyl (C=O) groups excluding carboxylic acids is 3. The lowest BCUT2D eigenvalue weighted by molar-refractivity contribution is -0.140. The van der Waals surface area contributed by atoms with Crippen molar-refractivity contribution in [2.75, 3.05) is 18.8 Å². The molecule has 2 heterocycles. The smallest absolute Gasteiger partial charge is 0.233 e. The van der Waals surface area contributed by atoms with Crippen LogP contribution in [0.15, 0.2) is 29.3 Å². The number of fused-ring (bicyclic) bond motifs is 1. The van der Waals surface area contributed by atoms with Crippen molar-refractivity contribution in [3.63, 3.8) is 0 Å². The van der Waals surface area contributed by atoms with Gasteiger partial charge in [0, 0.05) is 25.3 Å². The fourth-order valence-corrected chi connectivity index (χ4v) is 5.44. The van der Waals surface area contributed by atoms with Crippen LogP contribution in [0.5, 0.6) is 0 Å². The molecule has 3 fully saturated rings. The van der Waals surface area contributed by atoms with Crippen molar-refractivity contribution in [3.05, 3.63) is 29.8 Å². The van der Waals surface area contributed by atoms with Crippen molar-refractivity contribution in [2.24, 2.45) is 16.8 Å². The molecule has 6 nitrogen and oxygen atoms in total. The second kappa shape index (κ2) is 8.69. The largest absolute Gasteiger partial charge is 0.291 e. The Bertz CT molecular complexity index is 829. The Labute approximate surface area is 175 Å². The number of rotatable bonds is 4. The van der Waals surface area contributed by atoms with E-state index in [1.54, 1.807) is 16.7 Å². The average molecular weight is 414 g/mol. The molecule has 7 heteroatoms. The summed E-state index contributed by atoms with van der Waals surface area (Å²) in [6.07, 6.45) is 4.69. The summed E-state index contributed by atoms with van der Waals surface area (Å²) in [7, 11) is 0. The van der Waals surface area contributed by atoms with Gasteiger partial charge in [0.2, 0.25) is 17.7 Å². The van der Waals surface area contributed by atoms with E-state index in [1.165, 1.54) is 4.90 Å². The van der Waals surface area contributed by atoms with Gasteiger partial charge < -0.3 is 0 Å². The van der Waals surface area contributed by atoms with Crippen molar-refractivity contribution >= 4 is 40.3 Å². The number of carbonyl (C=O) groups is 3. The van der Waals surface area contributed by atoms with E-state index in [9.17, 15) is 14.4 Å². The zero-order valence-electron chi connectivity index (χ0n) is 16.8. The van der Waals surface area contributed by atoms with Crippen molar-refractivity contribution in [3.8, 4) is 0 Å². The number of thioether (sulfide) groups is 1. The topological polar surface area (TPSA) is 70.1 Å². The number of aliphatic imine (C=N–C) groups is 1. The van der Waals surface area contributed by atoms with Crippen LogP contribution < -0.4 is 0 Å². The van der Waals surface area contributed by atoms with Gasteiger partial charge in [-0.2, -0.15) is 0 Å². The average Bonchev–Trinajstić information content (AvgIpc) is 2.99. The number of hydrogen-bond acceptors (Lipinski definition) is 5. The Morgan fingerprint density at radius 2 is 1.79 bits per heavy atom. The van der Waals surface area contributed by atoms with Gasteiger partial charge in [0.1, 0.15) is 0 Å². The summed E-state index contributed by atoms with van der Waals surface area (Å²) in [6.45, 7) is 2.81. The number of nitrogens with zero attached hydrogens (tertiary/aromatic N) is 3. The molecular formula is C22H27N3O3S. The van der Waals surface area contributed by atoms with E-state index in [1.807, 2.05) is 31.2 Å². The van der Waals surface area contributed by atoms with E-state index in [2.05, 4.69) is 0 Å². The maximum absolute atomic E-state index is 13.0. The SMILES string of the molecule is Cc1ccccc1N=C1SCCCN1C(=O)CCN1C(=O)[C@H]2CCCC[C@@H]2C1=O. The van der Waals surface area contributed by atoms with Crippen LogP contribution in [0.25, 0.3) is 0 Å². The molecule has 1 aliphatic carbocycles. The fraction of sp³-hybridized carbons (Fsp3) is 0.545. The number of aryl methyl sites for hydroxylation is 1. The van der Waals surface area contributed by atoms with E-state index in [-0.39, 0.29) is 42.5 Å². The Kier molecular flexibility index (Phi) is 6.04. The molecule has 1 saturated carbocycles. The molecule has 1 aromatic carbocycles. The summed E-state index contributed by atoms with van der Waals surface area (Å²) in [5, 5.41) is 0.711. The Hall–Kier alpha value is -2.15. The molecular weight excluding hydrogens is 386 g/mol. The number of para-hydroxylation sites is 1. The van der Waals surface area contributed by atoms with Gasteiger partial charge in [0.05, 0.1) is 17.5 Å². The summed E-state index contributed by atoms with van der Waals surface area (Å²) in [4.78, 5) is 46.0. The van der Waals surface area contributed by atoms with Crippen LogP contribution in [0, 0.1) is 18.8 Å². The second-order valence-corrected chi connectivity index (χ2v) is 9.07. The standard InChI is InChI=1S/C22H27N3O3S/c1-15-7-2-5-10-18(15)23-22-24(12-6-14-29-22)19(26)11-13-25-20(27)16-8-3-4-9-17(16)21(25)28/h2,5,7,10,16-17H,3-4,6,8-9,11-14H2,1H3/t16-,17-/m0/s1. The zero-order valence-corrected chi connectivity index (χ0v) is 17.6. The first-order chi connectivity index (χ1) is 14.1. The quantitative estimate of drug-likeness (QED) is 0.708. The molecule has 2 aliphatic heterocycles. The minimum absolute atomic E-state index is 0.0694. The highest BCUT2D eigenvalue weighted by molar-refractivity contribution is 8.13. The molecule has 3 amide bonds. The maximum atomic E-state index is 13.0. The van der Waals surface area contributed by atoms with Crippen molar-refractivity contribution in [1.82, 2.24) is 9.80 Å². The van der Waals surface area contributed by atoms with Gasteiger partial charge in [0.15, 0.2) is 5.17 Å².